The Hall–Kier alpha value is -3.46. The highest BCUT2D eigenvalue weighted by Crippen LogP contribution is 2.40. The van der Waals surface area contributed by atoms with E-state index in [-0.39, 0.29) is 11.7 Å². The molecule has 0 bridgehead atoms. The minimum atomic E-state index is -0.449. The average Bonchev–Trinajstić information content (AvgIpc) is 3.27. The molecule has 0 saturated carbocycles. The van der Waals surface area contributed by atoms with Crippen molar-refractivity contribution in [1.29, 1.82) is 0 Å². The molecule has 4 heterocycles. The fourth-order valence-electron chi connectivity index (χ4n) is 5.87. The van der Waals surface area contributed by atoms with Gasteiger partial charge in [0.2, 0.25) is 0 Å². The van der Waals surface area contributed by atoms with Crippen molar-refractivity contribution in [2.75, 3.05) is 19.7 Å². The zero-order valence-electron chi connectivity index (χ0n) is 22.4. The fraction of sp³-hybridized carbons (Fsp3) is 0.419. The Morgan fingerprint density at radius 3 is 2.79 bits per heavy atom. The molecule has 1 spiro atoms. The molecule has 8 nitrogen and oxygen atoms in total. The lowest BCUT2D eigenvalue weighted by Crippen LogP contribution is -2.50. The van der Waals surface area contributed by atoms with E-state index in [9.17, 15) is 9.59 Å². The molecule has 1 amide bonds. The van der Waals surface area contributed by atoms with Gasteiger partial charge in [-0.3, -0.25) is 14.5 Å². The largest absolute Gasteiger partial charge is 0.486 e. The van der Waals surface area contributed by atoms with Crippen LogP contribution in [-0.2, 0) is 28.0 Å². The lowest BCUT2D eigenvalue weighted by Gasteiger charge is -2.44. The van der Waals surface area contributed by atoms with Gasteiger partial charge in [-0.2, -0.15) is 0 Å². The first-order chi connectivity index (χ1) is 19.0. The number of benzene rings is 2. The molecule has 204 valence electrons. The fourth-order valence-corrected chi connectivity index (χ4v) is 5.87. The van der Waals surface area contributed by atoms with Gasteiger partial charge in [-0.1, -0.05) is 24.3 Å². The summed E-state index contributed by atoms with van der Waals surface area (Å²) in [7, 11) is 2.12. The maximum Gasteiger partial charge on any atom is 0.267 e. The zero-order chi connectivity index (χ0) is 26.8. The minimum absolute atomic E-state index is 0.0934. The second-order valence-corrected chi connectivity index (χ2v) is 10.9. The lowest BCUT2D eigenvalue weighted by atomic mass is 9.82. The average molecular weight is 530 g/mol. The van der Waals surface area contributed by atoms with E-state index in [1.165, 1.54) is 22.7 Å². The summed E-state index contributed by atoms with van der Waals surface area (Å²) in [6, 6.07) is 16.2. The molecule has 2 aromatic carbocycles. The number of amides is 1. The first-order valence-electron chi connectivity index (χ1n) is 13.9. The molecule has 0 aliphatic carbocycles. The Labute approximate surface area is 228 Å². The van der Waals surface area contributed by atoms with E-state index in [1.54, 1.807) is 12.1 Å². The number of fused-ring (bicyclic) bond motifs is 2. The van der Waals surface area contributed by atoms with Gasteiger partial charge < -0.3 is 14.0 Å². The number of hydrogen-bond acceptors (Lipinski definition) is 6. The van der Waals surface area contributed by atoms with E-state index >= 15 is 0 Å². The lowest BCUT2D eigenvalue weighted by molar-refractivity contribution is -0.198. The number of hydrogen-bond donors (Lipinski definition) is 1. The van der Waals surface area contributed by atoms with Gasteiger partial charge in [-0.15, -0.1) is 0 Å². The van der Waals surface area contributed by atoms with Gasteiger partial charge in [-0.05, 0) is 54.1 Å². The van der Waals surface area contributed by atoms with Crippen LogP contribution in [0.25, 0.3) is 17.0 Å². The van der Waals surface area contributed by atoms with Gasteiger partial charge in [0.15, 0.2) is 12.1 Å². The Balaban J connectivity index is 1.05. The van der Waals surface area contributed by atoms with Crippen LogP contribution in [-0.4, -0.2) is 52.7 Å². The number of likely N-dealkylation sites (tertiary alicyclic amines) is 1. The van der Waals surface area contributed by atoms with Crippen LogP contribution in [0.2, 0.25) is 0 Å². The minimum Gasteiger partial charge on any atom is -0.486 e. The molecule has 2 saturated heterocycles. The monoisotopic (exact) mass is 529 g/mol. The molecule has 1 aromatic heterocycles. The number of carbonyl (C=O) groups excluding carboxylic acids is 2. The van der Waals surface area contributed by atoms with Gasteiger partial charge in [-0.25, -0.2) is 10.3 Å². The normalized spacial score (nSPS) is 21.3. The van der Waals surface area contributed by atoms with Crippen LogP contribution >= 0.6 is 0 Å². The van der Waals surface area contributed by atoms with Crippen LogP contribution in [0.3, 0.4) is 0 Å². The number of para-hydroxylation sites is 1. The predicted molar refractivity (Wildman–Crippen MR) is 148 cm³/mol. The Bertz CT molecular complexity index is 1400. The number of rotatable bonds is 6. The van der Waals surface area contributed by atoms with Crippen LogP contribution < -0.4 is 10.2 Å². The van der Waals surface area contributed by atoms with E-state index in [1.807, 2.05) is 12.1 Å². The molecule has 0 radical (unpaired) electrons. The van der Waals surface area contributed by atoms with Crippen molar-refractivity contribution < 1.29 is 23.9 Å². The van der Waals surface area contributed by atoms with Crippen molar-refractivity contribution in [2.24, 2.45) is 7.05 Å². The number of nitrogens with zero attached hydrogens (tertiary/aromatic N) is 2. The number of ether oxygens (including phenoxy) is 2. The van der Waals surface area contributed by atoms with Gasteiger partial charge >= 0.3 is 0 Å². The van der Waals surface area contributed by atoms with Crippen LogP contribution in [0.15, 0.2) is 54.6 Å². The maximum absolute atomic E-state index is 13.2. The van der Waals surface area contributed by atoms with E-state index < -0.39 is 11.9 Å². The molecule has 2 fully saturated rings. The highest BCUT2D eigenvalue weighted by Gasteiger charge is 2.43. The van der Waals surface area contributed by atoms with Gasteiger partial charge in [0.05, 0.1) is 12.0 Å². The summed E-state index contributed by atoms with van der Waals surface area (Å²) in [6.45, 7) is 3.29. The standard InChI is InChI=1S/C31H35N3O5/c1-33-24(19-23-6-2-3-7-26(23)33)21-34-15-13-31(14-16-34)20-27(35)25-18-22(9-11-28(25)38-31)10-12-29(36)32-39-30-8-4-5-17-37-30/h2-3,6-7,9-12,18-19,30H,4-5,8,13-17,20-21H2,1H3,(H,32,36)/b12-10+. The quantitative estimate of drug-likeness (QED) is 0.366. The number of aryl methyl sites for hydroxylation is 1. The Kier molecular flexibility index (Phi) is 7.25. The SMILES string of the molecule is Cn1c(CN2CCC3(CC2)CC(=O)c2cc(/C=C/C(=O)NOC4CCCCO4)ccc2O3)cc2ccccc21. The van der Waals surface area contributed by atoms with E-state index in [2.05, 4.69) is 52.3 Å². The summed E-state index contributed by atoms with van der Waals surface area (Å²) in [5.41, 5.74) is 5.84. The second-order valence-electron chi connectivity index (χ2n) is 10.9. The molecule has 1 unspecified atom stereocenters. The maximum atomic E-state index is 13.2. The number of piperidine rings is 1. The second kappa shape index (κ2) is 11.0. The highest BCUT2D eigenvalue weighted by molar-refractivity contribution is 6.01. The molecule has 39 heavy (non-hydrogen) atoms. The number of aromatic nitrogens is 1. The highest BCUT2D eigenvalue weighted by atomic mass is 16.8. The molecule has 8 heteroatoms. The summed E-state index contributed by atoms with van der Waals surface area (Å²) in [6.07, 6.45) is 7.48. The van der Waals surface area contributed by atoms with E-state index in [0.717, 1.165) is 57.3 Å². The molecule has 6 rings (SSSR count). The molecular formula is C31H35N3O5. The first-order valence-corrected chi connectivity index (χ1v) is 13.9. The number of Topliss-reactive ketones (excluding diaryl/α,β-unsaturated/α-hetero) is 1. The van der Waals surface area contributed by atoms with Crippen molar-refractivity contribution in [1.82, 2.24) is 14.9 Å². The number of carbonyl (C=O) groups is 2. The topological polar surface area (TPSA) is 82.0 Å². The third-order valence-corrected chi connectivity index (χ3v) is 8.17. The van der Waals surface area contributed by atoms with Crippen LogP contribution in [0, 0.1) is 0 Å². The van der Waals surface area contributed by atoms with Gasteiger partial charge in [0.25, 0.3) is 5.91 Å². The first kappa shape index (κ1) is 25.8. The summed E-state index contributed by atoms with van der Waals surface area (Å²) in [5.74, 6) is 0.349. The number of nitrogens with one attached hydrogen (secondary N) is 1. The third kappa shape index (κ3) is 5.64. The van der Waals surface area contributed by atoms with Crippen LogP contribution in [0.5, 0.6) is 5.75 Å². The third-order valence-electron chi connectivity index (χ3n) is 8.17. The summed E-state index contributed by atoms with van der Waals surface area (Å²) < 4.78 is 14.2. The summed E-state index contributed by atoms with van der Waals surface area (Å²) in [5, 5.41) is 1.26. The Morgan fingerprint density at radius 1 is 1.15 bits per heavy atom. The van der Waals surface area contributed by atoms with Gasteiger partial charge in [0, 0.05) is 69.8 Å². The summed E-state index contributed by atoms with van der Waals surface area (Å²) >= 11 is 0. The van der Waals surface area contributed by atoms with Crippen molar-refractivity contribution in [3.05, 3.63) is 71.4 Å². The molecule has 1 atom stereocenters. The Morgan fingerprint density at radius 2 is 2.00 bits per heavy atom. The molecule has 3 aliphatic rings. The molecule has 1 N–H and O–H groups in total. The van der Waals surface area contributed by atoms with E-state index in [0.29, 0.717) is 24.3 Å². The van der Waals surface area contributed by atoms with Crippen molar-refractivity contribution in [3.63, 3.8) is 0 Å². The van der Waals surface area contributed by atoms with Crippen molar-refractivity contribution in [3.8, 4) is 5.75 Å². The zero-order valence-corrected chi connectivity index (χ0v) is 22.4. The predicted octanol–water partition coefficient (Wildman–Crippen LogP) is 4.77. The van der Waals surface area contributed by atoms with Gasteiger partial charge in [0.1, 0.15) is 11.4 Å². The molecular weight excluding hydrogens is 494 g/mol. The summed E-state index contributed by atoms with van der Waals surface area (Å²) in [4.78, 5) is 33.1. The van der Waals surface area contributed by atoms with Crippen LogP contribution in [0.1, 0.15) is 60.1 Å². The van der Waals surface area contributed by atoms with E-state index in [4.69, 9.17) is 14.3 Å². The number of hydroxylamine groups is 1. The van der Waals surface area contributed by atoms with Crippen molar-refractivity contribution >= 4 is 28.7 Å². The van der Waals surface area contributed by atoms with Crippen LogP contribution in [0.4, 0.5) is 0 Å². The molecule has 3 aliphatic heterocycles. The smallest absolute Gasteiger partial charge is 0.267 e. The number of ketones is 1. The van der Waals surface area contributed by atoms with Crippen molar-refractivity contribution in [2.45, 2.75) is 57.0 Å². The molecule has 3 aromatic rings.